The van der Waals surface area contributed by atoms with E-state index in [1.165, 1.54) is 10.7 Å². The maximum atomic E-state index is 11.5. The lowest BCUT2D eigenvalue weighted by Gasteiger charge is -2.03. The molecular formula is C12H12N2O3. The van der Waals surface area contributed by atoms with Crippen LogP contribution in [0.3, 0.4) is 0 Å². The monoisotopic (exact) mass is 232 g/mol. The summed E-state index contributed by atoms with van der Waals surface area (Å²) in [5.74, 6) is -0.870. The summed E-state index contributed by atoms with van der Waals surface area (Å²) in [6.07, 6.45) is -0.0149. The summed E-state index contributed by atoms with van der Waals surface area (Å²) in [5.41, 5.74) is 2.05. The average Bonchev–Trinajstić information content (AvgIpc) is 2.58. The minimum Gasteiger partial charge on any atom is -0.481 e. The molecule has 0 aliphatic rings. The maximum Gasteiger partial charge on any atom is 0.307 e. The standard InChI is InChI=1S/C12H12N2O3/c1-8-6-11(15)14(13-8)10-4-2-9(3-5-10)7-12(16)17/h2-6,13H,7H2,1H3,(H,16,17). The Balaban J connectivity index is 2.32. The minimum absolute atomic E-state index is 0.0149. The molecule has 0 atom stereocenters. The number of nitrogens with zero attached hydrogens (tertiary/aromatic N) is 1. The number of carbonyl (C=O) groups is 1. The number of nitrogens with one attached hydrogen (secondary N) is 1. The van der Waals surface area contributed by atoms with Gasteiger partial charge >= 0.3 is 5.97 Å². The summed E-state index contributed by atoms with van der Waals surface area (Å²) in [4.78, 5) is 22.1. The zero-order chi connectivity index (χ0) is 12.4. The molecule has 88 valence electrons. The maximum absolute atomic E-state index is 11.5. The summed E-state index contributed by atoms with van der Waals surface area (Å²) in [6.45, 7) is 1.80. The average molecular weight is 232 g/mol. The zero-order valence-corrected chi connectivity index (χ0v) is 9.30. The van der Waals surface area contributed by atoms with Crippen molar-refractivity contribution in [2.75, 3.05) is 0 Å². The number of hydrogen-bond acceptors (Lipinski definition) is 2. The summed E-state index contributed by atoms with van der Waals surface area (Å²) in [5, 5.41) is 11.5. The molecule has 1 aromatic heterocycles. The van der Waals surface area contributed by atoms with E-state index in [1.54, 1.807) is 31.2 Å². The summed E-state index contributed by atoms with van der Waals surface area (Å²) < 4.78 is 1.42. The molecule has 0 radical (unpaired) electrons. The van der Waals surface area contributed by atoms with Crippen LogP contribution >= 0.6 is 0 Å². The molecule has 1 heterocycles. The van der Waals surface area contributed by atoms with E-state index in [4.69, 9.17) is 5.11 Å². The van der Waals surface area contributed by atoms with Gasteiger partial charge in [-0.15, -0.1) is 0 Å². The first-order valence-corrected chi connectivity index (χ1v) is 5.16. The molecule has 0 spiro atoms. The first-order valence-electron chi connectivity index (χ1n) is 5.16. The van der Waals surface area contributed by atoms with E-state index in [0.717, 1.165) is 5.69 Å². The van der Waals surface area contributed by atoms with Crippen LogP contribution in [-0.4, -0.2) is 20.9 Å². The number of aromatic nitrogens is 2. The van der Waals surface area contributed by atoms with Crippen LogP contribution in [0.15, 0.2) is 35.1 Å². The van der Waals surface area contributed by atoms with E-state index in [2.05, 4.69) is 5.10 Å². The number of benzene rings is 1. The third-order valence-electron chi connectivity index (χ3n) is 2.40. The highest BCUT2D eigenvalue weighted by Gasteiger charge is 2.04. The molecule has 2 aromatic rings. The Morgan fingerprint density at radius 2 is 2.00 bits per heavy atom. The fourth-order valence-electron chi connectivity index (χ4n) is 1.64. The Morgan fingerprint density at radius 3 is 2.47 bits per heavy atom. The number of aryl methyl sites for hydroxylation is 1. The van der Waals surface area contributed by atoms with Crippen LogP contribution in [0.2, 0.25) is 0 Å². The van der Waals surface area contributed by atoms with E-state index < -0.39 is 5.97 Å². The molecule has 0 saturated carbocycles. The van der Waals surface area contributed by atoms with Crippen molar-refractivity contribution in [2.45, 2.75) is 13.3 Å². The fourth-order valence-corrected chi connectivity index (χ4v) is 1.64. The van der Waals surface area contributed by atoms with Crippen molar-refractivity contribution in [3.8, 4) is 5.69 Å². The first-order chi connectivity index (χ1) is 8.06. The smallest absolute Gasteiger partial charge is 0.307 e. The number of carboxylic acids is 1. The van der Waals surface area contributed by atoms with Crippen molar-refractivity contribution < 1.29 is 9.90 Å². The Kier molecular flexibility index (Phi) is 2.82. The highest BCUT2D eigenvalue weighted by atomic mass is 16.4. The molecule has 5 heteroatoms. The van der Waals surface area contributed by atoms with Crippen molar-refractivity contribution in [3.05, 3.63) is 51.9 Å². The normalized spacial score (nSPS) is 10.4. The van der Waals surface area contributed by atoms with Crippen molar-refractivity contribution in [1.29, 1.82) is 0 Å². The lowest BCUT2D eigenvalue weighted by molar-refractivity contribution is -0.136. The SMILES string of the molecule is Cc1cc(=O)n(-c2ccc(CC(=O)O)cc2)[nH]1. The summed E-state index contributed by atoms with van der Waals surface area (Å²) >= 11 is 0. The predicted molar refractivity (Wildman–Crippen MR) is 62.5 cm³/mol. The van der Waals surface area contributed by atoms with Gasteiger partial charge in [0, 0.05) is 11.8 Å². The van der Waals surface area contributed by atoms with Gasteiger partial charge in [0.15, 0.2) is 0 Å². The fraction of sp³-hybridized carbons (Fsp3) is 0.167. The van der Waals surface area contributed by atoms with Crippen molar-refractivity contribution >= 4 is 5.97 Å². The first kappa shape index (κ1) is 11.2. The summed E-state index contributed by atoms with van der Waals surface area (Å²) in [6, 6.07) is 8.34. The lowest BCUT2D eigenvalue weighted by Crippen LogP contribution is -2.13. The van der Waals surface area contributed by atoms with E-state index >= 15 is 0 Å². The molecule has 2 rings (SSSR count). The molecule has 0 bridgehead atoms. The number of carboxylic acid groups (broad SMARTS) is 1. The number of aliphatic carboxylic acids is 1. The number of hydrogen-bond donors (Lipinski definition) is 2. The van der Waals surface area contributed by atoms with Gasteiger partial charge in [-0.2, -0.15) is 0 Å². The Bertz CT molecular complexity index is 593. The van der Waals surface area contributed by atoms with Crippen LogP contribution in [0.5, 0.6) is 0 Å². The van der Waals surface area contributed by atoms with Crippen LogP contribution in [0.1, 0.15) is 11.3 Å². The van der Waals surface area contributed by atoms with Gasteiger partial charge in [-0.05, 0) is 24.6 Å². The van der Waals surface area contributed by atoms with E-state index in [-0.39, 0.29) is 12.0 Å². The van der Waals surface area contributed by atoms with E-state index in [1.807, 2.05) is 0 Å². The molecule has 0 unspecified atom stereocenters. The van der Waals surface area contributed by atoms with Crippen LogP contribution in [0.4, 0.5) is 0 Å². The Morgan fingerprint density at radius 1 is 1.35 bits per heavy atom. The molecule has 2 N–H and O–H groups in total. The van der Waals surface area contributed by atoms with Crippen molar-refractivity contribution in [3.63, 3.8) is 0 Å². The lowest BCUT2D eigenvalue weighted by atomic mass is 10.1. The van der Waals surface area contributed by atoms with Crippen LogP contribution in [-0.2, 0) is 11.2 Å². The molecule has 5 nitrogen and oxygen atoms in total. The second kappa shape index (κ2) is 4.29. The molecule has 0 aliphatic heterocycles. The van der Waals surface area contributed by atoms with Gasteiger partial charge in [0.1, 0.15) is 0 Å². The number of aromatic amines is 1. The number of H-pyrrole nitrogens is 1. The highest BCUT2D eigenvalue weighted by molar-refractivity contribution is 5.70. The summed E-state index contributed by atoms with van der Waals surface area (Å²) in [7, 11) is 0. The topological polar surface area (TPSA) is 75.1 Å². The second-order valence-electron chi connectivity index (χ2n) is 3.85. The van der Waals surface area contributed by atoms with Gasteiger partial charge < -0.3 is 5.11 Å². The molecule has 17 heavy (non-hydrogen) atoms. The Labute approximate surface area is 97.3 Å². The minimum atomic E-state index is -0.870. The quantitative estimate of drug-likeness (QED) is 0.832. The molecule has 1 aromatic carbocycles. The van der Waals surface area contributed by atoms with Crippen LogP contribution in [0, 0.1) is 6.92 Å². The second-order valence-corrected chi connectivity index (χ2v) is 3.85. The van der Waals surface area contributed by atoms with Gasteiger partial charge in [-0.3, -0.25) is 14.7 Å². The van der Waals surface area contributed by atoms with Gasteiger partial charge in [-0.1, -0.05) is 12.1 Å². The van der Waals surface area contributed by atoms with Gasteiger partial charge in [-0.25, -0.2) is 4.68 Å². The molecule has 0 aliphatic carbocycles. The third-order valence-corrected chi connectivity index (χ3v) is 2.40. The zero-order valence-electron chi connectivity index (χ0n) is 9.30. The molecule has 0 amide bonds. The van der Waals surface area contributed by atoms with Crippen LogP contribution < -0.4 is 5.56 Å². The van der Waals surface area contributed by atoms with Crippen molar-refractivity contribution in [1.82, 2.24) is 9.78 Å². The van der Waals surface area contributed by atoms with Gasteiger partial charge in [0.25, 0.3) is 5.56 Å². The third kappa shape index (κ3) is 2.44. The van der Waals surface area contributed by atoms with Gasteiger partial charge in [0.2, 0.25) is 0 Å². The highest BCUT2D eigenvalue weighted by Crippen LogP contribution is 2.08. The van der Waals surface area contributed by atoms with E-state index in [9.17, 15) is 9.59 Å². The Hall–Kier alpha value is -2.30. The molecule has 0 saturated heterocycles. The largest absolute Gasteiger partial charge is 0.481 e. The van der Waals surface area contributed by atoms with Crippen molar-refractivity contribution in [2.24, 2.45) is 0 Å². The molecule has 0 fully saturated rings. The number of rotatable bonds is 3. The van der Waals surface area contributed by atoms with Gasteiger partial charge in [0.05, 0.1) is 12.1 Å². The van der Waals surface area contributed by atoms with Crippen LogP contribution in [0.25, 0.3) is 5.69 Å². The van der Waals surface area contributed by atoms with E-state index in [0.29, 0.717) is 11.3 Å². The molecular weight excluding hydrogens is 220 g/mol. The predicted octanol–water partition coefficient (Wildman–Crippen LogP) is 1.10.